The molecule has 1 aromatic carbocycles. The number of carbonyl (C=O) groups is 1. The van der Waals surface area contributed by atoms with Gasteiger partial charge in [0.05, 0.1) is 12.4 Å². The van der Waals surface area contributed by atoms with Gasteiger partial charge in [-0.1, -0.05) is 18.2 Å². The summed E-state index contributed by atoms with van der Waals surface area (Å²) in [4.78, 5) is 12.4. The van der Waals surface area contributed by atoms with Crippen LogP contribution in [0.1, 0.15) is 26.2 Å². The Labute approximate surface area is 174 Å². The van der Waals surface area contributed by atoms with E-state index < -0.39 is 10.0 Å². The molecular formula is C17H24N6O4S2. The lowest BCUT2D eigenvalue weighted by Crippen LogP contribution is -2.35. The zero-order valence-electron chi connectivity index (χ0n) is 16.4. The number of rotatable bonds is 8. The summed E-state index contributed by atoms with van der Waals surface area (Å²) >= 11 is 1.19. The highest BCUT2D eigenvalue weighted by Gasteiger charge is 2.29. The summed E-state index contributed by atoms with van der Waals surface area (Å²) in [6.45, 7) is 3.13. The molecule has 10 nitrogen and oxygen atoms in total. The molecule has 1 N–H and O–H groups in total. The Morgan fingerprint density at radius 3 is 2.69 bits per heavy atom. The predicted octanol–water partition coefficient (Wildman–Crippen LogP) is 1.51. The van der Waals surface area contributed by atoms with Crippen LogP contribution in [-0.2, 0) is 21.9 Å². The van der Waals surface area contributed by atoms with E-state index in [4.69, 9.17) is 4.74 Å². The number of ether oxygens (including phenoxy) is 1. The molecule has 0 spiro atoms. The van der Waals surface area contributed by atoms with Crippen molar-refractivity contribution >= 4 is 33.4 Å². The number of thioether (sulfide) groups is 1. The second kappa shape index (κ2) is 9.55. The third-order valence-electron chi connectivity index (χ3n) is 4.37. The number of hydrogen-bond acceptors (Lipinski definition) is 8. The van der Waals surface area contributed by atoms with Crippen LogP contribution in [0.5, 0.6) is 5.75 Å². The SMILES string of the molecule is CCOc1ccc(NC(=O)CSc2nnnn2C)cc1S(=O)(=O)N1CCCCC1. The molecule has 1 fully saturated rings. The highest BCUT2D eigenvalue weighted by Crippen LogP contribution is 2.31. The largest absolute Gasteiger partial charge is 0.492 e. The van der Waals surface area contributed by atoms with Crippen molar-refractivity contribution in [1.29, 1.82) is 0 Å². The molecule has 1 aliphatic rings. The molecule has 0 atom stereocenters. The second-order valence-electron chi connectivity index (χ2n) is 6.48. The van der Waals surface area contributed by atoms with Gasteiger partial charge in [0.1, 0.15) is 10.6 Å². The molecule has 0 radical (unpaired) electrons. The van der Waals surface area contributed by atoms with Crippen molar-refractivity contribution in [3.8, 4) is 5.75 Å². The standard InChI is InChI=1S/C17H24N6O4S2/c1-3-27-14-8-7-13(18-16(24)12-28-17-19-20-21-22(17)2)11-15(14)29(25,26)23-9-5-4-6-10-23/h7-8,11H,3-6,9-10,12H2,1-2H3,(H,18,24). The molecule has 1 amide bonds. The lowest BCUT2D eigenvalue weighted by molar-refractivity contribution is -0.113. The minimum absolute atomic E-state index is 0.0733. The van der Waals surface area contributed by atoms with Crippen LogP contribution in [-0.4, -0.2) is 64.3 Å². The summed E-state index contributed by atoms with van der Waals surface area (Å²) in [5, 5.41) is 14.3. The fraction of sp³-hybridized carbons (Fsp3) is 0.529. The number of amides is 1. The van der Waals surface area contributed by atoms with Crippen LogP contribution < -0.4 is 10.1 Å². The van der Waals surface area contributed by atoms with Crippen molar-refractivity contribution in [3.63, 3.8) is 0 Å². The Morgan fingerprint density at radius 1 is 1.28 bits per heavy atom. The normalized spacial score (nSPS) is 15.2. The van der Waals surface area contributed by atoms with E-state index in [0.717, 1.165) is 19.3 Å². The molecule has 0 aliphatic carbocycles. The van der Waals surface area contributed by atoms with Gasteiger partial charge in [-0.05, 0) is 48.4 Å². The van der Waals surface area contributed by atoms with Crippen molar-refractivity contribution in [3.05, 3.63) is 18.2 Å². The zero-order valence-corrected chi connectivity index (χ0v) is 18.0. The maximum atomic E-state index is 13.1. The van der Waals surface area contributed by atoms with Crippen LogP contribution in [0.15, 0.2) is 28.3 Å². The van der Waals surface area contributed by atoms with Crippen molar-refractivity contribution < 1.29 is 17.9 Å². The van der Waals surface area contributed by atoms with Crippen molar-refractivity contribution in [1.82, 2.24) is 24.5 Å². The molecule has 1 aliphatic heterocycles. The molecule has 0 saturated carbocycles. The fourth-order valence-electron chi connectivity index (χ4n) is 2.98. The van der Waals surface area contributed by atoms with Gasteiger partial charge in [0.25, 0.3) is 0 Å². The van der Waals surface area contributed by atoms with Gasteiger partial charge in [-0.3, -0.25) is 4.79 Å². The zero-order chi connectivity index (χ0) is 20.9. The summed E-state index contributed by atoms with van der Waals surface area (Å²) < 4.78 is 34.8. The van der Waals surface area contributed by atoms with E-state index in [1.165, 1.54) is 26.8 Å². The molecule has 158 valence electrons. The van der Waals surface area contributed by atoms with Crippen LogP contribution in [0.2, 0.25) is 0 Å². The summed E-state index contributed by atoms with van der Waals surface area (Å²) in [6.07, 6.45) is 2.71. The van der Waals surface area contributed by atoms with Crippen LogP contribution in [0.25, 0.3) is 0 Å². The minimum atomic E-state index is -3.70. The maximum absolute atomic E-state index is 13.1. The number of carbonyl (C=O) groups excluding carboxylic acids is 1. The number of anilines is 1. The number of benzene rings is 1. The smallest absolute Gasteiger partial charge is 0.246 e. The van der Waals surface area contributed by atoms with Gasteiger partial charge in [0, 0.05) is 25.8 Å². The molecule has 29 heavy (non-hydrogen) atoms. The second-order valence-corrected chi connectivity index (χ2v) is 9.33. The molecule has 12 heteroatoms. The van der Waals surface area contributed by atoms with Gasteiger partial charge < -0.3 is 10.1 Å². The monoisotopic (exact) mass is 440 g/mol. The summed E-state index contributed by atoms with van der Waals surface area (Å²) in [7, 11) is -2.02. The van der Waals surface area contributed by atoms with Gasteiger partial charge in [-0.25, -0.2) is 13.1 Å². The number of sulfonamides is 1. The number of hydrogen-bond donors (Lipinski definition) is 1. The average Bonchev–Trinajstić information content (AvgIpc) is 3.13. The van der Waals surface area contributed by atoms with E-state index in [9.17, 15) is 13.2 Å². The maximum Gasteiger partial charge on any atom is 0.246 e. The van der Waals surface area contributed by atoms with Gasteiger partial charge in [0.2, 0.25) is 21.1 Å². The predicted molar refractivity (Wildman–Crippen MR) is 108 cm³/mol. The number of tetrazole rings is 1. The topological polar surface area (TPSA) is 119 Å². The minimum Gasteiger partial charge on any atom is -0.492 e. The summed E-state index contributed by atoms with van der Waals surface area (Å²) in [5.74, 6) is 0.0920. The first-order valence-corrected chi connectivity index (χ1v) is 11.8. The number of aryl methyl sites for hydroxylation is 1. The van der Waals surface area contributed by atoms with E-state index in [2.05, 4.69) is 20.8 Å². The molecular weight excluding hydrogens is 416 g/mol. The highest BCUT2D eigenvalue weighted by atomic mass is 32.2. The van der Waals surface area contributed by atoms with Gasteiger partial charge in [0.15, 0.2) is 0 Å². The molecule has 3 rings (SSSR count). The Morgan fingerprint density at radius 2 is 2.03 bits per heavy atom. The van der Waals surface area contributed by atoms with Gasteiger partial charge in [-0.2, -0.15) is 4.31 Å². The van der Waals surface area contributed by atoms with Crippen LogP contribution in [0.4, 0.5) is 5.69 Å². The Kier molecular flexibility index (Phi) is 7.09. The molecule has 0 bridgehead atoms. The van der Waals surface area contributed by atoms with Crippen molar-refractivity contribution in [2.24, 2.45) is 7.05 Å². The van der Waals surface area contributed by atoms with E-state index >= 15 is 0 Å². The molecule has 2 heterocycles. The summed E-state index contributed by atoms with van der Waals surface area (Å²) in [6, 6.07) is 4.67. The van der Waals surface area contributed by atoms with Crippen LogP contribution in [0.3, 0.4) is 0 Å². The molecule has 2 aromatic rings. The fourth-order valence-corrected chi connectivity index (χ4v) is 5.30. The Hall–Kier alpha value is -2.18. The third kappa shape index (κ3) is 5.25. The summed E-state index contributed by atoms with van der Waals surface area (Å²) in [5.41, 5.74) is 0.394. The van der Waals surface area contributed by atoms with E-state index in [1.807, 2.05) is 0 Å². The quantitative estimate of drug-likeness (QED) is 0.614. The highest BCUT2D eigenvalue weighted by molar-refractivity contribution is 7.99. The molecule has 1 saturated heterocycles. The molecule has 1 aromatic heterocycles. The van der Waals surface area contributed by atoms with E-state index in [0.29, 0.717) is 30.5 Å². The number of aromatic nitrogens is 4. The Balaban J connectivity index is 1.77. The first kappa shape index (κ1) is 21.5. The van der Waals surface area contributed by atoms with Crippen molar-refractivity contribution in [2.45, 2.75) is 36.2 Å². The van der Waals surface area contributed by atoms with Crippen molar-refractivity contribution in [2.75, 3.05) is 30.8 Å². The van der Waals surface area contributed by atoms with E-state index in [-0.39, 0.29) is 22.3 Å². The number of piperidine rings is 1. The molecule has 0 unspecified atom stereocenters. The first-order chi connectivity index (χ1) is 13.9. The van der Waals surface area contributed by atoms with Crippen LogP contribution in [0, 0.1) is 0 Å². The lowest BCUT2D eigenvalue weighted by atomic mass is 10.2. The number of nitrogens with zero attached hydrogens (tertiary/aromatic N) is 5. The first-order valence-electron chi connectivity index (χ1n) is 9.34. The lowest BCUT2D eigenvalue weighted by Gasteiger charge is -2.27. The average molecular weight is 441 g/mol. The van der Waals surface area contributed by atoms with Gasteiger partial charge >= 0.3 is 0 Å². The Bertz CT molecular complexity index is 957. The number of nitrogens with one attached hydrogen (secondary N) is 1. The van der Waals surface area contributed by atoms with E-state index in [1.54, 1.807) is 26.1 Å². The van der Waals surface area contributed by atoms with Gasteiger partial charge in [-0.15, -0.1) is 5.10 Å². The van der Waals surface area contributed by atoms with Crippen LogP contribution >= 0.6 is 11.8 Å². The third-order valence-corrected chi connectivity index (χ3v) is 7.30.